The predicted octanol–water partition coefficient (Wildman–Crippen LogP) is 2.79. The summed E-state index contributed by atoms with van der Waals surface area (Å²) in [5.74, 6) is 2.26. The van der Waals surface area contributed by atoms with Crippen LogP contribution in [0.4, 0.5) is 0 Å². The zero-order chi connectivity index (χ0) is 12.1. The molecule has 0 aromatic rings. The average Bonchev–Trinajstić information content (AvgIpc) is 2.55. The van der Waals surface area contributed by atoms with Crippen LogP contribution in [0.25, 0.3) is 0 Å². The van der Waals surface area contributed by atoms with Gasteiger partial charge in [-0.25, -0.2) is 0 Å². The molecule has 0 radical (unpaired) electrons. The number of hydrogen-bond acceptors (Lipinski definition) is 2. The van der Waals surface area contributed by atoms with E-state index in [0.29, 0.717) is 5.54 Å². The highest BCUT2D eigenvalue weighted by molar-refractivity contribution is 6.78. The van der Waals surface area contributed by atoms with E-state index < -0.39 is 13.9 Å². The van der Waals surface area contributed by atoms with Crippen LogP contribution in [0.1, 0.15) is 13.8 Å². The summed E-state index contributed by atoms with van der Waals surface area (Å²) in [5, 5.41) is 0. The van der Waals surface area contributed by atoms with Crippen LogP contribution in [-0.2, 0) is 9.47 Å². The number of hydrogen-bond donors (Lipinski definition) is 0. The summed E-state index contributed by atoms with van der Waals surface area (Å²) in [6.45, 7) is 11.0. The molecule has 0 amide bonds. The second kappa shape index (κ2) is 3.46. The van der Waals surface area contributed by atoms with Gasteiger partial charge in [0.25, 0.3) is 0 Å². The maximum absolute atomic E-state index is 6.01. The summed E-state index contributed by atoms with van der Waals surface area (Å²) < 4.78 is 11.9. The fourth-order valence-corrected chi connectivity index (χ4v) is 4.46. The molecule has 2 aliphatic rings. The summed E-state index contributed by atoms with van der Waals surface area (Å²) in [5.41, 5.74) is 1.44. The first kappa shape index (κ1) is 11.9. The summed E-state index contributed by atoms with van der Waals surface area (Å²) >= 11 is 0. The molecule has 0 bridgehead atoms. The lowest BCUT2D eigenvalue weighted by Gasteiger charge is -2.29. The smallest absolute Gasteiger partial charge is 0.164 e. The minimum absolute atomic E-state index is 0.0169. The minimum atomic E-state index is -1.31. The largest absolute Gasteiger partial charge is 0.344 e. The molecule has 0 aromatic heterocycles. The standard InChI is InChI=1S/C13H20O2Si/c1-7-9-8-10(16(4,5)6)12-11(9)14-13(2,3)15-12/h1,8,10-12H,2-6H3/t10-,11-,12+/m0/s1. The van der Waals surface area contributed by atoms with Crippen LogP contribution in [0, 0.1) is 12.3 Å². The molecular formula is C13H20O2Si. The van der Waals surface area contributed by atoms with E-state index >= 15 is 0 Å². The molecule has 3 heteroatoms. The molecule has 0 N–H and O–H groups in total. The monoisotopic (exact) mass is 236 g/mol. The Hall–Kier alpha value is -0.563. The van der Waals surface area contributed by atoms with E-state index in [4.69, 9.17) is 15.9 Å². The van der Waals surface area contributed by atoms with E-state index in [2.05, 4.69) is 31.6 Å². The van der Waals surface area contributed by atoms with Crippen LogP contribution in [-0.4, -0.2) is 26.1 Å². The molecule has 0 saturated carbocycles. The molecule has 2 rings (SSSR count). The van der Waals surface area contributed by atoms with Gasteiger partial charge in [0.1, 0.15) is 6.10 Å². The van der Waals surface area contributed by atoms with Crippen LogP contribution < -0.4 is 0 Å². The molecule has 0 spiro atoms. The molecule has 1 aliphatic carbocycles. The predicted molar refractivity (Wildman–Crippen MR) is 67.8 cm³/mol. The minimum Gasteiger partial charge on any atom is -0.344 e. The Morgan fingerprint density at radius 1 is 1.31 bits per heavy atom. The Morgan fingerprint density at radius 3 is 2.44 bits per heavy atom. The van der Waals surface area contributed by atoms with Crippen LogP contribution in [0.3, 0.4) is 0 Å². The van der Waals surface area contributed by atoms with Crippen LogP contribution in [0.15, 0.2) is 11.6 Å². The second-order valence-electron chi connectivity index (χ2n) is 6.18. The van der Waals surface area contributed by atoms with Crippen molar-refractivity contribution in [3.8, 4) is 12.3 Å². The van der Waals surface area contributed by atoms with Gasteiger partial charge in [0, 0.05) is 11.1 Å². The van der Waals surface area contributed by atoms with Gasteiger partial charge in [0.2, 0.25) is 0 Å². The molecule has 2 nitrogen and oxygen atoms in total. The van der Waals surface area contributed by atoms with Gasteiger partial charge < -0.3 is 9.47 Å². The van der Waals surface area contributed by atoms with Gasteiger partial charge in [-0.2, -0.15) is 0 Å². The van der Waals surface area contributed by atoms with E-state index in [1.54, 1.807) is 0 Å². The zero-order valence-corrected chi connectivity index (χ0v) is 11.7. The number of ether oxygens (including phenoxy) is 2. The lowest BCUT2D eigenvalue weighted by atomic mass is 10.2. The third kappa shape index (κ3) is 1.86. The zero-order valence-electron chi connectivity index (χ0n) is 10.7. The van der Waals surface area contributed by atoms with E-state index in [9.17, 15) is 0 Å². The quantitative estimate of drug-likeness (QED) is 0.515. The molecule has 0 unspecified atom stereocenters. The van der Waals surface area contributed by atoms with Crippen molar-refractivity contribution >= 4 is 8.07 Å². The first-order valence-corrected chi connectivity index (χ1v) is 9.36. The van der Waals surface area contributed by atoms with E-state index in [0.717, 1.165) is 5.57 Å². The van der Waals surface area contributed by atoms with Crippen molar-refractivity contribution in [1.82, 2.24) is 0 Å². The molecule has 0 aromatic carbocycles. The fourth-order valence-electron chi connectivity index (χ4n) is 2.55. The van der Waals surface area contributed by atoms with Crippen molar-refractivity contribution in [2.45, 2.75) is 57.0 Å². The lowest BCUT2D eigenvalue weighted by molar-refractivity contribution is -0.144. The maximum atomic E-state index is 6.01. The number of fused-ring (bicyclic) bond motifs is 1. The SMILES string of the molecule is C#CC1=C[C@H]([Si](C)(C)C)[C@H]2OC(C)(C)O[C@@H]12. The van der Waals surface area contributed by atoms with Crippen molar-refractivity contribution in [3.63, 3.8) is 0 Å². The Bertz CT molecular complexity index is 370. The molecule has 1 aliphatic heterocycles. The van der Waals surface area contributed by atoms with Gasteiger partial charge in [0.15, 0.2) is 5.79 Å². The van der Waals surface area contributed by atoms with Gasteiger partial charge in [-0.1, -0.05) is 31.6 Å². The van der Waals surface area contributed by atoms with E-state index in [-0.39, 0.29) is 12.2 Å². The first-order valence-electron chi connectivity index (χ1n) is 5.78. The summed E-state index contributed by atoms with van der Waals surface area (Å²) in [6.07, 6.45) is 7.87. The third-order valence-corrected chi connectivity index (χ3v) is 5.81. The first-order chi connectivity index (χ1) is 7.24. The molecule has 1 saturated heterocycles. The highest BCUT2D eigenvalue weighted by atomic mass is 28.3. The third-order valence-electron chi connectivity index (χ3n) is 3.32. The van der Waals surface area contributed by atoms with Crippen LogP contribution in [0.2, 0.25) is 25.2 Å². The Morgan fingerprint density at radius 2 is 1.94 bits per heavy atom. The van der Waals surface area contributed by atoms with Gasteiger partial charge >= 0.3 is 0 Å². The summed E-state index contributed by atoms with van der Waals surface area (Å²) in [7, 11) is -1.31. The summed E-state index contributed by atoms with van der Waals surface area (Å²) in [6, 6.07) is 0. The van der Waals surface area contributed by atoms with Crippen LogP contribution in [0.5, 0.6) is 0 Å². The highest BCUT2D eigenvalue weighted by Gasteiger charge is 2.52. The molecule has 1 heterocycles. The van der Waals surface area contributed by atoms with Crippen molar-refractivity contribution in [1.29, 1.82) is 0 Å². The second-order valence-corrected chi connectivity index (χ2v) is 11.6. The number of terminal acetylenes is 1. The van der Waals surface area contributed by atoms with E-state index in [1.807, 2.05) is 13.8 Å². The maximum Gasteiger partial charge on any atom is 0.164 e. The Balaban J connectivity index is 2.32. The van der Waals surface area contributed by atoms with Crippen molar-refractivity contribution in [3.05, 3.63) is 11.6 Å². The average molecular weight is 236 g/mol. The molecular weight excluding hydrogens is 216 g/mol. The van der Waals surface area contributed by atoms with Gasteiger partial charge in [-0.15, -0.1) is 6.42 Å². The molecule has 3 atom stereocenters. The van der Waals surface area contributed by atoms with Crippen LogP contribution >= 0.6 is 0 Å². The number of rotatable bonds is 1. The van der Waals surface area contributed by atoms with Crippen molar-refractivity contribution in [2.75, 3.05) is 0 Å². The Kier molecular flexibility index (Phi) is 2.58. The molecule has 1 fully saturated rings. The molecule has 16 heavy (non-hydrogen) atoms. The normalized spacial score (nSPS) is 36.8. The molecule has 88 valence electrons. The van der Waals surface area contributed by atoms with Crippen molar-refractivity contribution < 1.29 is 9.47 Å². The van der Waals surface area contributed by atoms with Gasteiger partial charge in [-0.3, -0.25) is 0 Å². The lowest BCUT2D eigenvalue weighted by Crippen LogP contribution is -2.36. The topological polar surface area (TPSA) is 18.5 Å². The van der Waals surface area contributed by atoms with Gasteiger partial charge in [0.05, 0.1) is 14.2 Å². The fraction of sp³-hybridized carbons (Fsp3) is 0.692. The highest BCUT2D eigenvalue weighted by Crippen LogP contribution is 2.47. The van der Waals surface area contributed by atoms with E-state index in [1.165, 1.54) is 0 Å². The Labute approximate surface area is 99.0 Å². The van der Waals surface area contributed by atoms with Gasteiger partial charge in [-0.05, 0) is 13.8 Å². The van der Waals surface area contributed by atoms with Crippen molar-refractivity contribution in [2.24, 2.45) is 0 Å². The summed E-state index contributed by atoms with van der Waals surface area (Å²) in [4.78, 5) is 0.